The first-order chi connectivity index (χ1) is 14.1. The fourth-order valence-corrected chi connectivity index (χ4v) is 2.93. The highest BCUT2D eigenvalue weighted by molar-refractivity contribution is 5.67. The molecule has 2 N–H and O–H groups in total. The molecule has 0 bridgehead atoms. The van der Waals surface area contributed by atoms with Crippen molar-refractivity contribution in [1.29, 1.82) is 0 Å². The van der Waals surface area contributed by atoms with Crippen molar-refractivity contribution in [1.82, 2.24) is 20.4 Å². The Morgan fingerprint density at radius 1 is 0.600 bits per heavy atom. The summed E-state index contributed by atoms with van der Waals surface area (Å²) in [5, 5.41) is 14.8. The first-order valence-corrected chi connectivity index (χ1v) is 10.4. The summed E-state index contributed by atoms with van der Waals surface area (Å²) < 4.78 is 0. The van der Waals surface area contributed by atoms with Crippen molar-refractivity contribution in [3.8, 4) is 22.5 Å². The Kier molecular flexibility index (Phi) is 6.25. The van der Waals surface area contributed by atoms with E-state index in [1.807, 2.05) is 36.4 Å². The largest absolute Gasteiger partial charge is 0.282 e. The molecule has 4 aromatic rings. The predicted octanol–water partition coefficient (Wildman–Crippen LogP) is 6.75. The van der Waals surface area contributed by atoms with Crippen LogP contribution in [-0.4, -0.2) is 20.4 Å². The van der Waals surface area contributed by atoms with Gasteiger partial charge in [0.2, 0.25) is 0 Å². The van der Waals surface area contributed by atoms with Gasteiger partial charge in [0.15, 0.2) is 0 Å². The maximum Gasteiger partial charge on any atom is 0.0927 e. The van der Waals surface area contributed by atoms with Crippen LogP contribution in [0.15, 0.2) is 72.8 Å². The monoisotopic (exact) mass is 400 g/mol. The Balaban J connectivity index is 0.000000178. The third kappa shape index (κ3) is 5.47. The van der Waals surface area contributed by atoms with Gasteiger partial charge >= 0.3 is 0 Å². The standard InChI is InChI=1S/C15H12N2.C11H20N2/c1-3-7-12(8-4-1)14-11-15(17-16-14)13-9-5-2-6-10-13;1-10(2,3)8-7-9(13-12-8)11(4,5)6/h1-11H,(H,16,17);7H,1-6H3,(H,12,13). The van der Waals surface area contributed by atoms with Crippen molar-refractivity contribution >= 4 is 0 Å². The van der Waals surface area contributed by atoms with Crippen molar-refractivity contribution in [2.75, 3.05) is 0 Å². The quantitative estimate of drug-likeness (QED) is 0.391. The summed E-state index contributed by atoms with van der Waals surface area (Å²) in [6, 6.07) is 24.6. The van der Waals surface area contributed by atoms with Gasteiger partial charge in [0, 0.05) is 22.1 Å². The third-order valence-corrected chi connectivity index (χ3v) is 4.89. The molecule has 0 radical (unpaired) electrons. The van der Waals surface area contributed by atoms with E-state index in [1.165, 1.54) is 5.69 Å². The minimum atomic E-state index is 0.139. The summed E-state index contributed by atoms with van der Waals surface area (Å²) in [6.07, 6.45) is 0. The first kappa shape index (κ1) is 21.6. The molecule has 0 aliphatic carbocycles. The Labute approximate surface area is 179 Å². The van der Waals surface area contributed by atoms with E-state index in [-0.39, 0.29) is 10.8 Å². The first-order valence-electron chi connectivity index (χ1n) is 10.4. The molecular formula is C26H32N4. The maximum atomic E-state index is 4.34. The van der Waals surface area contributed by atoms with Gasteiger partial charge < -0.3 is 0 Å². The van der Waals surface area contributed by atoms with Gasteiger partial charge in [-0.1, -0.05) is 102 Å². The minimum absolute atomic E-state index is 0.139. The fraction of sp³-hybridized carbons (Fsp3) is 0.308. The van der Waals surface area contributed by atoms with Gasteiger partial charge in [-0.3, -0.25) is 10.2 Å². The highest BCUT2D eigenvalue weighted by Crippen LogP contribution is 2.26. The number of hydrogen-bond donors (Lipinski definition) is 2. The number of H-pyrrole nitrogens is 2. The van der Waals surface area contributed by atoms with Crippen LogP contribution in [0.2, 0.25) is 0 Å². The molecule has 2 heterocycles. The lowest BCUT2D eigenvalue weighted by atomic mass is 9.88. The average molecular weight is 401 g/mol. The minimum Gasteiger partial charge on any atom is -0.282 e. The van der Waals surface area contributed by atoms with Gasteiger partial charge in [-0.15, -0.1) is 0 Å². The summed E-state index contributed by atoms with van der Waals surface area (Å²) in [5.74, 6) is 0. The van der Waals surface area contributed by atoms with Crippen molar-refractivity contribution in [3.63, 3.8) is 0 Å². The lowest BCUT2D eigenvalue weighted by molar-refractivity contribution is 0.563. The van der Waals surface area contributed by atoms with Crippen LogP contribution in [0.5, 0.6) is 0 Å². The molecule has 0 aliphatic heterocycles. The number of hydrogen-bond acceptors (Lipinski definition) is 2. The average Bonchev–Trinajstić information content (AvgIpc) is 3.40. The lowest BCUT2D eigenvalue weighted by Crippen LogP contribution is -2.12. The molecule has 4 nitrogen and oxygen atoms in total. The lowest BCUT2D eigenvalue weighted by Gasteiger charge is -2.16. The number of benzene rings is 2. The number of nitrogens with zero attached hydrogens (tertiary/aromatic N) is 2. The molecule has 4 heteroatoms. The molecule has 2 aromatic carbocycles. The summed E-state index contributed by atoms with van der Waals surface area (Å²) in [4.78, 5) is 0. The van der Waals surface area contributed by atoms with Crippen LogP contribution in [0.25, 0.3) is 22.5 Å². The van der Waals surface area contributed by atoms with Gasteiger partial charge in [0.05, 0.1) is 17.1 Å². The van der Waals surface area contributed by atoms with E-state index in [9.17, 15) is 0 Å². The maximum absolute atomic E-state index is 4.34. The summed E-state index contributed by atoms with van der Waals surface area (Å²) >= 11 is 0. The van der Waals surface area contributed by atoms with E-state index in [4.69, 9.17) is 0 Å². The number of rotatable bonds is 2. The molecule has 30 heavy (non-hydrogen) atoms. The highest BCUT2D eigenvalue weighted by Gasteiger charge is 2.22. The highest BCUT2D eigenvalue weighted by atomic mass is 15.1. The Morgan fingerprint density at radius 2 is 1.17 bits per heavy atom. The van der Waals surface area contributed by atoms with Crippen LogP contribution in [0, 0.1) is 0 Å². The van der Waals surface area contributed by atoms with Crippen molar-refractivity contribution in [3.05, 3.63) is 84.2 Å². The Bertz CT molecular complexity index is 963. The molecule has 4 rings (SSSR count). The van der Waals surface area contributed by atoms with Gasteiger partial charge in [0.25, 0.3) is 0 Å². The number of aromatic nitrogens is 4. The zero-order valence-corrected chi connectivity index (χ0v) is 18.8. The summed E-state index contributed by atoms with van der Waals surface area (Å²) in [6.45, 7) is 13.1. The van der Waals surface area contributed by atoms with Crippen molar-refractivity contribution < 1.29 is 0 Å². The number of aromatic amines is 2. The van der Waals surface area contributed by atoms with Gasteiger partial charge in [-0.25, -0.2) is 0 Å². The Hall–Kier alpha value is -3.14. The summed E-state index contributed by atoms with van der Waals surface area (Å²) in [5.41, 5.74) is 6.95. The summed E-state index contributed by atoms with van der Waals surface area (Å²) in [7, 11) is 0. The zero-order chi connectivity index (χ0) is 21.8. The second-order valence-corrected chi connectivity index (χ2v) is 9.57. The predicted molar refractivity (Wildman–Crippen MR) is 125 cm³/mol. The SMILES string of the molecule is CC(C)(C)c1cc(C(C)(C)C)[nH]n1.c1ccc(-c2cc(-c3ccccc3)[nH]n2)cc1. The number of nitrogens with one attached hydrogen (secondary N) is 2. The van der Waals surface area contributed by atoms with Gasteiger partial charge in [-0.05, 0) is 17.7 Å². The van der Waals surface area contributed by atoms with Crippen LogP contribution in [0.4, 0.5) is 0 Å². The molecule has 0 unspecified atom stereocenters. The van der Waals surface area contributed by atoms with Crippen LogP contribution in [0.3, 0.4) is 0 Å². The van der Waals surface area contributed by atoms with Crippen molar-refractivity contribution in [2.24, 2.45) is 0 Å². The molecule has 0 amide bonds. The van der Waals surface area contributed by atoms with E-state index >= 15 is 0 Å². The van der Waals surface area contributed by atoms with Crippen LogP contribution >= 0.6 is 0 Å². The molecule has 0 saturated heterocycles. The van der Waals surface area contributed by atoms with Crippen molar-refractivity contribution in [2.45, 2.75) is 52.4 Å². The van der Waals surface area contributed by atoms with Gasteiger partial charge in [-0.2, -0.15) is 10.2 Å². The van der Waals surface area contributed by atoms with E-state index in [0.29, 0.717) is 0 Å². The second kappa shape index (κ2) is 8.70. The molecule has 0 atom stereocenters. The third-order valence-electron chi connectivity index (χ3n) is 4.89. The Morgan fingerprint density at radius 3 is 1.63 bits per heavy atom. The smallest absolute Gasteiger partial charge is 0.0927 e. The van der Waals surface area contributed by atoms with E-state index in [0.717, 1.165) is 28.2 Å². The molecule has 2 aromatic heterocycles. The molecule has 156 valence electrons. The normalized spacial score (nSPS) is 11.7. The fourth-order valence-electron chi connectivity index (χ4n) is 2.93. The molecule has 0 saturated carbocycles. The second-order valence-electron chi connectivity index (χ2n) is 9.57. The van der Waals surface area contributed by atoms with Crippen LogP contribution in [-0.2, 0) is 10.8 Å². The van der Waals surface area contributed by atoms with Gasteiger partial charge in [0.1, 0.15) is 0 Å². The van der Waals surface area contributed by atoms with E-state index < -0.39 is 0 Å². The zero-order valence-electron chi connectivity index (χ0n) is 18.8. The molecule has 0 fully saturated rings. The molecule has 0 spiro atoms. The topological polar surface area (TPSA) is 57.4 Å². The van der Waals surface area contributed by atoms with Crippen LogP contribution in [0.1, 0.15) is 52.9 Å². The molecular weight excluding hydrogens is 368 g/mol. The van der Waals surface area contributed by atoms with E-state index in [1.54, 1.807) is 0 Å². The van der Waals surface area contributed by atoms with E-state index in [2.05, 4.69) is 98.3 Å². The van der Waals surface area contributed by atoms with Crippen LogP contribution < -0.4 is 0 Å². The molecule has 0 aliphatic rings.